The first-order valence-electron chi connectivity index (χ1n) is 30.2. The minimum atomic E-state index is -0.587. The van der Waals surface area contributed by atoms with Crippen molar-refractivity contribution in [3.63, 3.8) is 0 Å². The highest BCUT2D eigenvalue weighted by molar-refractivity contribution is 7.13. The van der Waals surface area contributed by atoms with Crippen molar-refractivity contribution < 1.29 is 28.5 Å². The Bertz CT molecular complexity index is 3730. The highest BCUT2D eigenvalue weighted by Gasteiger charge is 2.44. The summed E-state index contributed by atoms with van der Waals surface area (Å²) in [6.45, 7) is 27.8. The molecule has 4 aliphatic heterocycles. The summed E-state index contributed by atoms with van der Waals surface area (Å²) in [6.07, 6.45) is 11.0. The molecular formula is C67H79FN12O5S. The molecular weight excluding hydrogens is 1100 g/mol. The zero-order chi connectivity index (χ0) is 60.1. The van der Waals surface area contributed by atoms with E-state index in [9.17, 15) is 9.90 Å². The highest BCUT2D eigenvalue weighted by atomic mass is 32.1. The van der Waals surface area contributed by atoms with E-state index in [4.69, 9.17) is 35.9 Å². The van der Waals surface area contributed by atoms with Gasteiger partial charge in [0, 0.05) is 109 Å². The van der Waals surface area contributed by atoms with Crippen molar-refractivity contribution in [2.75, 3.05) is 57.2 Å². The van der Waals surface area contributed by atoms with Crippen molar-refractivity contribution in [2.24, 2.45) is 11.8 Å². The van der Waals surface area contributed by atoms with E-state index in [1.54, 1.807) is 17.5 Å². The topological polar surface area (TPSA) is 184 Å². The van der Waals surface area contributed by atoms with E-state index >= 15 is 4.39 Å². The highest BCUT2D eigenvalue weighted by Crippen LogP contribution is 2.48. The van der Waals surface area contributed by atoms with Crippen LogP contribution >= 0.6 is 11.3 Å². The van der Waals surface area contributed by atoms with Gasteiger partial charge >= 0.3 is 6.01 Å². The average Bonchev–Trinajstić information content (AvgIpc) is 2.24. The molecule has 7 aromatic rings. The molecule has 6 atom stereocenters. The van der Waals surface area contributed by atoms with E-state index in [1.165, 1.54) is 10.9 Å². The Hall–Kier alpha value is -7.55. The Morgan fingerprint density at radius 3 is 2.45 bits per heavy atom. The lowest BCUT2D eigenvalue weighted by Crippen LogP contribution is -2.45. The number of likely N-dealkylation sites (tertiary alicyclic amines) is 2. The SMILES string of the molecule is C=C(/C(=C\c1c(COCc2ccc(-c3cn(C(C(=C)N4CC(O)CC4C(=C)NC(C)c4ccc(-c5scnc5C)cc4)C(C)C)nc3C=O)c(NC)c2)nc(OC2CCOCC2)nc1N1CC2CC1CN2C)C1CC1)c1c(C)c(F)cc2[nH]ncc12. The van der Waals surface area contributed by atoms with E-state index in [1.807, 2.05) is 55.5 Å². The summed E-state index contributed by atoms with van der Waals surface area (Å²) in [6, 6.07) is 16.4. The maximum Gasteiger partial charge on any atom is 0.318 e. The number of β-amino-alcohol motifs (C(OH)–C–C–N with tert-alkyl or cyclic N) is 1. The van der Waals surface area contributed by atoms with E-state index in [-0.39, 0.29) is 61.1 Å². The summed E-state index contributed by atoms with van der Waals surface area (Å²) in [5, 5.41) is 31.3. The van der Waals surface area contributed by atoms with Crippen molar-refractivity contribution in [1.29, 1.82) is 0 Å². The van der Waals surface area contributed by atoms with Gasteiger partial charge in [0.25, 0.3) is 0 Å². The number of carbonyl (C=O) groups is 1. The molecule has 0 amide bonds. The number of thiazole rings is 1. The lowest BCUT2D eigenvalue weighted by Gasteiger charge is -2.36. The van der Waals surface area contributed by atoms with Gasteiger partial charge < -0.3 is 39.8 Å². The molecule has 0 spiro atoms. The second-order valence-corrected chi connectivity index (χ2v) is 25.3. The van der Waals surface area contributed by atoms with Gasteiger partial charge in [-0.3, -0.25) is 19.5 Å². The molecule has 17 nitrogen and oxygen atoms in total. The van der Waals surface area contributed by atoms with Gasteiger partial charge in [0.2, 0.25) is 0 Å². The molecule has 5 fully saturated rings. The minimum absolute atomic E-state index is 0.0147. The fourth-order valence-corrected chi connectivity index (χ4v) is 14.3. The van der Waals surface area contributed by atoms with Crippen LogP contribution in [-0.4, -0.2) is 133 Å². The quantitative estimate of drug-likeness (QED) is 0.0350. The zero-order valence-electron chi connectivity index (χ0n) is 50.4. The first-order valence-corrected chi connectivity index (χ1v) is 31.1. The Balaban J connectivity index is 0.809. The molecule has 5 aliphatic rings. The van der Waals surface area contributed by atoms with Crippen LogP contribution < -0.4 is 20.3 Å². The number of aromatic nitrogens is 7. The Kier molecular flexibility index (Phi) is 16.9. The number of hydrogen-bond acceptors (Lipinski definition) is 16. The van der Waals surface area contributed by atoms with Gasteiger partial charge in [-0.05, 0) is 116 Å². The number of benzene rings is 3. The smallest absolute Gasteiger partial charge is 0.318 e. The predicted octanol–water partition coefficient (Wildman–Crippen LogP) is 11.6. The van der Waals surface area contributed by atoms with Crippen molar-refractivity contribution in [2.45, 2.75) is 129 Å². The fraction of sp³-hybridized carbons (Fsp3) is 0.433. The molecule has 0 radical (unpaired) electrons. The summed E-state index contributed by atoms with van der Waals surface area (Å²) in [4.78, 5) is 36.1. The molecule has 86 heavy (non-hydrogen) atoms. The molecule has 4 N–H and O–H groups in total. The minimum Gasteiger partial charge on any atom is -0.460 e. The summed E-state index contributed by atoms with van der Waals surface area (Å²) < 4.78 is 36.6. The van der Waals surface area contributed by atoms with E-state index in [0.717, 1.165) is 130 Å². The van der Waals surface area contributed by atoms with Crippen molar-refractivity contribution in [3.8, 4) is 27.6 Å². The van der Waals surface area contributed by atoms with Gasteiger partial charge in [0.05, 0.1) is 78.1 Å². The molecule has 12 rings (SSSR count). The number of H-pyrrole nitrogens is 1. The molecule has 4 aromatic heterocycles. The van der Waals surface area contributed by atoms with Crippen LogP contribution in [0.15, 0.2) is 103 Å². The number of anilines is 2. The fourth-order valence-electron chi connectivity index (χ4n) is 13.4. The summed E-state index contributed by atoms with van der Waals surface area (Å²) >= 11 is 1.64. The van der Waals surface area contributed by atoms with Crippen molar-refractivity contribution in [1.82, 2.24) is 50.0 Å². The van der Waals surface area contributed by atoms with Crippen LogP contribution in [0.2, 0.25) is 0 Å². The van der Waals surface area contributed by atoms with Crippen LogP contribution in [0.1, 0.15) is 121 Å². The van der Waals surface area contributed by atoms with Gasteiger partial charge in [-0.1, -0.05) is 70.0 Å². The number of hydrogen-bond donors (Lipinski definition) is 4. The molecule has 19 heteroatoms. The first kappa shape index (κ1) is 58.8. The molecule has 8 heterocycles. The summed E-state index contributed by atoms with van der Waals surface area (Å²) in [5.74, 6) is 0.725. The van der Waals surface area contributed by atoms with E-state index in [0.29, 0.717) is 66.3 Å². The molecule has 6 unspecified atom stereocenters. The largest absolute Gasteiger partial charge is 0.460 e. The number of aliphatic hydroxyl groups excluding tert-OH is 1. The van der Waals surface area contributed by atoms with E-state index in [2.05, 4.69) is 112 Å². The molecule has 2 bridgehead atoms. The Morgan fingerprint density at radius 1 is 0.977 bits per heavy atom. The number of halogens is 1. The van der Waals surface area contributed by atoms with Gasteiger partial charge in [0.1, 0.15) is 23.4 Å². The third kappa shape index (κ3) is 11.8. The second kappa shape index (κ2) is 24.7. The average molecular weight is 1180 g/mol. The number of ether oxygens (including phenoxy) is 3. The number of carbonyl (C=O) groups excluding carboxylic acids is 1. The maximum atomic E-state index is 15.7. The van der Waals surface area contributed by atoms with Gasteiger partial charge in [0.15, 0.2) is 6.29 Å². The molecule has 1 aliphatic carbocycles. The van der Waals surface area contributed by atoms with Crippen molar-refractivity contribution >= 4 is 51.7 Å². The first-order chi connectivity index (χ1) is 41.5. The van der Waals surface area contributed by atoms with Crippen LogP contribution in [0.3, 0.4) is 0 Å². The number of fused-ring (bicyclic) bond motifs is 3. The lowest BCUT2D eigenvalue weighted by molar-refractivity contribution is 0.0213. The van der Waals surface area contributed by atoms with Crippen LogP contribution in [0, 0.1) is 31.5 Å². The Morgan fingerprint density at radius 2 is 1.77 bits per heavy atom. The number of nitrogens with zero attached hydrogens (tertiary/aromatic N) is 9. The number of aromatic amines is 1. The molecule has 1 saturated carbocycles. The molecule has 4 saturated heterocycles. The monoisotopic (exact) mass is 1180 g/mol. The lowest BCUT2D eigenvalue weighted by atomic mass is 9.89. The summed E-state index contributed by atoms with van der Waals surface area (Å²) in [5.41, 5.74) is 15.4. The van der Waals surface area contributed by atoms with Crippen LogP contribution in [0.25, 0.3) is 44.1 Å². The predicted molar refractivity (Wildman–Crippen MR) is 337 cm³/mol. The number of piperazine rings is 1. The zero-order valence-corrected chi connectivity index (χ0v) is 51.2. The molecule has 3 aromatic carbocycles. The standard InChI is InChI=1S/C67H79FN12O5S/c1-37(2)64(43(8)78-31-50(82)25-62(78)41(6)72-40(5)45-12-16-47(17-13-45)65-42(7)70-36-86-65)80-32-56(60(33-81)76-80)52-18-11-44(23-58(52)69-9)34-84-35-61-54(26-53(46-14-15-46)38(3)63-39(4)57(68)27-59-55(63)28-71-75-59)66(79-30-48-24-49(79)29-77(48)10)74-67(73-61)85-51-19-21-83-22-20-51/h11-13,16-18,23,26-28,32-33,36-37,40,46,48-51,62,64,69,72,82H,3,6,8,14-15,19-22,24-25,29-31,34-35H2,1-2,4-5,7,9-10H3,(H,71,75)/b53-26+. The molecule has 450 valence electrons. The van der Waals surface area contributed by atoms with E-state index < -0.39 is 6.10 Å². The van der Waals surface area contributed by atoms with Gasteiger partial charge in [-0.2, -0.15) is 20.2 Å². The van der Waals surface area contributed by atoms with Crippen LogP contribution in [0.5, 0.6) is 6.01 Å². The number of aldehydes is 1. The number of nitrogens with one attached hydrogen (secondary N) is 3. The second-order valence-electron chi connectivity index (χ2n) is 24.5. The third-order valence-electron chi connectivity index (χ3n) is 18.3. The van der Waals surface area contributed by atoms with Gasteiger partial charge in [-0.25, -0.2) is 9.37 Å². The number of allylic oxidation sites excluding steroid dienone is 3. The van der Waals surface area contributed by atoms with Crippen LogP contribution in [-0.2, 0) is 22.7 Å². The normalized spacial score (nSPS) is 20.7. The Labute approximate surface area is 507 Å². The maximum absolute atomic E-state index is 15.7. The van der Waals surface area contributed by atoms with Crippen molar-refractivity contribution in [3.05, 3.63) is 154 Å². The number of rotatable bonds is 23. The third-order valence-corrected chi connectivity index (χ3v) is 19.2. The summed E-state index contributed by atoms with van der Waals surface area (Å²) in [7, 11) is 4.06. The number of aryl methyl sites for hydroxylation is 1. The van der Waals surface area contributed by atoms with Gasteiger partial charge in [-0.15, -0.1) is 11.3 Å². The number of likely N-dealkylation sites (N-methyl/N-ethyl adjacent to an activating group) is 1. The number of aliphatic hydroxyl groups is 1. The van der Waals surface area contributed by atoms with Crippen LogP contribution in [0.4, 0.5) is 15.9 Å².